The van der Waals surface area contributed by atoms with Crippen LogP contribution in [0, 0.1) is 5.82 Å². The van der Waals surface area contributed by atoms with E-state index in [4.69, 9.17) is 23.2 Å². The van der Waals surface area contributed by atoms with Gasteiger partial charge in [-0.15, -0.1) is 11.3 Å². The Morgan fingerprint density at radius 3 is 2.79 bits per heavy atom. The zero-order valence-corrected chi connectivity index (χ0v) is 12.6. The van der Waals surface area contributed by atoms with E-state index in [9.17, 15) is 4.39 Å². The summed E-state index contributed by atoms with van der Waals surface area (Å²) in [5, 5.41) is 3.29. The maximum atomic E-state index is 13.9. The molecule has 0 aliphatic carbocycles. The summed E-state index contributed by atoms with van der Waals surface area (Å²) in [6.45, 7) is 2.81. The molecule has 1 unspecified atom stereocenters. The number of pyridine rings is 1. The highest BCUT2D eigenvalue weighted by atomic mass is 35.5. The third-order valence-electron chi connectivity index (χ3n) is 2.71. The van der Waals surface area contributed by atoms with Crippen molar-refractivity contribution in [2.45, 2.75) is 19.4 Å². The number of halogens is 3. The largest absolute Gasteiger partial charge is 0.306 e. The average Bonchev–Trinajstić information content (AvgIpc) is 2.71. The van der Waals surface area contributed by atoms with Crippen molar-refractivity contribution in [1.82, 2.24) is 10.3 Å². The number of hydrogen-bond acceptors (Lipinski definition) is 3. The molecular weight excluding hydrogens is 306 g/mol. The molecule has 2 rings (SSSR count). The third kappa shape index (κ3) is 3.45. The molecule has 0 saturated carbocycles. The van der Waals surface area contributed by atoms with E-state index >= 15 is 0 Å². The standard InChI is InChI=1S/C13H13Cl2FN2S/c1-2-4-18-12(8-3-5-17-7-10(8)16)9-6-11(14)19-13(9)15/h3,5-7,12,18H,2,4H2,1H3. The molecule has 0 bridgehead atoms. The van der Waals surface area contributed by atoms with E-state index in [0.717, 1.165) is 18.5 Å². The van der Waals surface area contributed by atoms with Crippen molar-refractivity contribution in [3.05, 3.63) is 50.1 Å². The van der Waals surface area contributed by atoms with Gasteiger partial charge in [0.25, 0.3) is 0 Å². The molecule has 0 radical (unpaired) electrons. The van der Waals surface area contributed by atoms with E-state index in [-0.39, 0.29) is 11.9 Å². The fraction of sp³-hybridized carbons (Fsp3) is 0.308. The Hall–Kier alpha value is -0.680. The van der Waals surface area contributed by atoms with Crippen LogP contribution in [0.25, 0.3) is 0 Å². The smallest absolute Gasteiger partial charge is 0.146 e. The van der Waals surface area contributed by atoms with E-state index in [1.807, 2.05) is 0 Å². The highest BCUT2D eigenvalue weighted by Crippen LogP contribution is 2.37. The molecule has 1 N–H and O–H groups in total. The summed E-state index contributed by atoms with van der Waals surface area (Å²) in [5.74, 6) is -0.352. The molecule has 0 amide bonds. The van der Waals surface area contributed by atoms with Gasteiger partial charge in [0.15, 0.2) is 0 Å². The van der Waals surface area contributed by atoms with Gasteiger partial charge in [0, 0.05) is 17.3 Å². The summed E-state index contributed by atoms with van der Waals surface area (Å²) in [7, 11) is 0. The van der Waals surface area contributed by atoms with E-state index in [2.05, 4.69) is 17.2 Å². The average molecular weight is 319 g/mol. The molecule has 2 aromatic heterocycles. The van der Waals surface area contributed by atoms with E-state index in [0.29, 0.717) is 14.2 Å². The topological polar surface area (TPSA) is 24.9 Å². The number of thiophene rings is 1. The minimum absolute atomic E-state index is 0.306. The van der Waals surface area contributed by atoms with Gasteiger partial charge in [-0.05, 0) is 25.1 Å². The Balaban J connectivity index is 2.41. The first-order valence-electron chi connectivity index (χ1n) is 5.91. The van der Waals surface area contributed by atoms with Crippen LogP contribution in [0.2, 0.25) is 8.67 Å². The summed E-state index contributed by atoms with van der Waals surface area (Å²) < 4.78 is 15.1. The lowest BCUT2D eigenvalue weighted by Crippen LogP contribution is -2.24. The van der Waals surface area contributed by atoms with Crippen molar-refractivity contribution in [1.29, 1.82) is 0 Å². The Morgan fingerprint density at radius 2 is 2.21 bits per heavy atom. The van der Waals surface area contributed by atoms with Gasteiger partial charge in [0.1, 0.15) is 5.82 Å². The van der Waals surface area contributed by atoms with Gasteiger partial charge < -0.3 is 5.32 Å². The van der Waals surface area contributed by atoms with E-state index in [1.54, 1.807) is 18.3 Å². The van der Waals surface area contributed by atoms with E-state index < -0.39 is 0 Å². The van der Waals surface area contributed by atoms with Crippen molar-refractivity contribution < 1.29 is 4.39 Å². The fourth-order valence-corrected chi connectivity index (χ4v) is 3.38. The molecular formula is C13H13Cl2FN2S. The predicted molar refractivity (Wildman–Crippen MR) is 78.7 cm³/mol. The maximum Gasteiger partial charge on any atom is 0.146 e. The van der Waals surface area contributed by atoms with Crippen LogP contribution >= 0.6 is 34.5 Å². The highest BCUT2D eigenvalue weighted by molar-refractivity contribution is 7.20. The Morgan fingerprint density at radius 1 is 1.42 bits per heavy atom. The molecule has 2 aromatic rings. The van der Waals surface area contributed by atoms with E-state index in [1.165, 1.54) is 17.5 Å². The van der Waals surface area contributed by atoms with Crippen LogP contribution in [0.1, 0.15) is 30.5 Å². The normalized spacial score (nSPS) is 12.6. The molecule has 0 aromatic carbocycles. The summed E-state index contributed by atoms with van der Waals surface area (Å²) in [5.41, 5.74) is 1.33. The number of nitrogens with one attached hydrogen (secondary N) is 1. The Kier molecular flexibility index (Phi) is 5.16. The number of nitrogens with zero attached hydrogens (tertiary/aromatic N) is 1. The van der Waals surface area contributed by atoms with Crippen LogP contribution in [0.3, 0.4) is 0 Å². The van der Waals surface area contributed by atoms with Gasteiger partial charge in [-0.25, -0.2) is 4.39 Å². The number of aromatic nitrogens is 1. The number of hydrogen-bond donors (Lipinski definition) is 1. The first kappa shape index (κ1) is 14.7. The molecule has 6 heteroatoms. The van der Waals surface area contributed by atoms with Crippen LogP contribution in [0.4, 0.5) is 4.39 Å². The molecule has 2 heterocycles. The molecule has 102 valence electrons. The second-order valence-corrected chi connectivity index (χ2v) is 6.35. The van der Waals surface area contributed by atoms with Crippen LogP contribution < -0.4 is 5.32 Å². The summed E-state index contributed by atoms with van der Waals surface area (Å²) >= 11 is 13.4. The van der Waals surface area contributed by atoms with Gasteiger partial charge in [-0.1, -0.05) is 30.1 Å². The first-order chi connectivity index (χ1) is 9.13. The molecule has 19 heavy (non-hydrogen) atoms. The second-order valence-electron chi connectivity index (χ2n) is 4.06. The SMILES string of the molecule is CCCNC(c1ccncc1F)c1cc(Cl)sc1Cl. The third-order valence-corrected chi connectivity index (χ3v) is 4.23. The molecule has 2 nitrogen and oxygen atoms in total. The minimum atomic E-state index is -0.352. The summed E-state index contributed by atoms with van der Waals surface area (Å²) in [6.07, 6.45) is 3.72. The molecule has 0 aliphatic rings. The van der Waals surface area contributed by atoms with Crippen LogP contribution in [0.15, 0.2) is 24.5 Å². The fourth-order valence-electron chi connectivity index (χ4n) is 1.85. The lowest BCUT2D eigenvalue weighted by molar-refractivity contribution is 0.544. The molecule has 0 aliphatic heterocycles. The second kappa shape index (κ2) is 6.66. The van der Waals surface area contributed by atoms with Crippen molar-refractivity contribution in [2.24, 2.45) is 0 Å². The molecule has 0 saturated heterocycles. The van der Waals surface area contributed by atoms with Crippen LogP contribution in [0.5, 0.6) is 0 Å². The summed E-state index contributed by atoms with van der Waals surface area (Å²) in [6, 6.07) is 3.13. The van der Waals surface area contributed by atoms with Crippen LogP contribution in [-0.2, 0) is 0 Å². The van der Waals surface area contributed by atoms with Gasteiger partial charge in [-0.2, -0.15) is 0 Å². The molecule has 0 spiro atoms. The maximum absolute atomic E-state index is 13.9. The van der Waals surface area contributed by atoms with Gasteiger partial charge in [-0.3, -0.25) is 4.98 Å². The summed E-state index contributed by atoms with van der Waals surface area (Å²) in [4.78, 5) is 3.77. The van der Waals surface area contributed by atoms with Crippen molar-refractivity contribution >= 4 is 34.5 Å². The predicted octanol–water partition coefficient (Wildman–Crippen LogP) is 4.68. The highest BCUT2D eigenvalue weighted by Gasteiger charge is 2.21. The van der Waals surface area contributed by atoms with Gasteiger partial charge in [0.05, 0.1) is 20.9 Å². The zero-order valence-electron chi connectivity index (χ0n) is 10.3. The van der Waals surface area contributed by atoms with Crippen molar-refractivity contribution in [3.63, 3.8) is 0 Å². The zero-order chi connectivity index (χ0) is 13.8. The Labute approximate surface area is 125 Å². The van der Waals surface area contributed by atoms with Crippen molar-refractivity contribution in [2.75, 3.05) is 6.54 Å². The van der Waals surface area contributed by atoms with Crippen LogP contribution in [-0.4, -0.2) is 11.5 Å². The molecule has 1 atom stereocenters. The monoisotopic (exact) mass is 318 g/mol. The van der Waals surface area contributed by atoms with Crippen molar-refractivity contribution in [3.8, 4) is 0 Å². The first-order valence-corrected chi connectivity index (χ1v) is 7.48. The lowest BCUT2D eigenvalue weighted by atomic mass is 10.0. The Bertz CT molecular complexity index is 559. The quantitative estimate of drug-likeness (QED) is 0.866. The lowest BCUT2D eigenvalue weighted by Gasteiger charge is -2.19. The molecule has 0 fully saturated rings. The minimum Gasteiger partial charge on any atom is -0.306 e. The number of rotatable bonds is 5. The van der Waals surface area contributed by atoms with Gasteiger partial charge >= 0.3 is 0 Å². The van der Waals surface area contributed by atoms with Gasteiger partial charge in [0.2, 0.25) is 0 Å².